The van der Waals surface area contributed by atoms with Crippen molar-refractivity contribution < 1.29 is 14.1 Å². The molecule has 1 heterocycles. The normalized spacial score (nSPS) is 14.7. The van der Waals surface area contributed by atoms with Gasteiger partial charge in [-0.1, -0.05) is 24.4 Å². The predicted octanol–water partition coefficient (Wildman–Crippen LogP) is 4.47. The van der Waals surface area contributed by atoms with E-state index in [2.05, 4.69) is 5.32 Å². The van der Waals surface area contributed by atoms with Crippen molar-refractivity contribution in [2.24, 2.45) is 0 Å². The van der Waals surface area contributed by atoms with Crippen molar-refractivity contribution in [2.45, 2.75) is 31.7 Å². The van der Waals surface area contributed by atoms with E-state index >= 15 is 0 Å². The van der Waals surface area contributed by atoms with Crippen LogP contribution in [0.5, 0.6) is 0 Å². The standard InChI is InChI=1S/C19H16ClN3O4/c20-17-7-5-14(23(25)26)10-16(17)18-8-6-15(27-18)9-12(11-21)19(24)22-13-3-1-2-4-13/h5-10,13H,1-4H2,(H,22,24)/b12-9-. The van der Waals surface area contributed by atoms with Crippen LogP contribution < -0.4 is 5.32 Å². The maximum Gasteiger partial charge on any atom is 0.270 e. The van der Waals surface area contributed by atoms with E-state index in [1.54, 1.807) is 12.1 Å². The number of benzene rings is 1. The number of halogens is 1. The van der Waals surface area contributed by atoms with E-state index < -0.39 is 10.8 Å². The van der Waals surface area contributed by atoms with Gasteiger partial charge in [0.2, 0.25) is 0 Å². The Bertz CT molecular complexity index is 952. The molecule has 1 aliphatic rings. The van der Waals surface area contributed by atoms with Crippen LogP contribution >= 0.6 is 11.6 Å². The molecule has 0 spiro atoms. The number of nitrogens with zero attached hydrogens (tertiary/aromatic N) is 2. The maximum atomic E-state index is 12.2. The van der Waals surface area contributed by atoms with E-state index in [-0.39, 0.29) is 23.1 Å². The number of hydrogen-bond acceptors (Lipinski definition) is 5. The number of carbonyl (C=O) groups excluding carboxylic acids is 1. The SMILES string of the molecule is N#C/C(=C/c1ccc(-c2cc([N+](=O)[O-])ccc2Cl)o1)C(=O)NC1CCCC1. The summed E-state index contributed by atoms with van der Waals surface area (Å²) in [5, 5.41) is 23.4. The zero-order valence-electron chi connectivity index (χ0n) is 14.3. The molecule has 1 saturated carbocycles. The second kappa shape index (κ2) is 8.06. The Morgan fingerprint density at radius 1 is 1.33 bits per heavy atom. The summed E-state index contributed by atoms with van der Waals surface area (Å²) in [5.74, 6) is 0.157. The molecule has 1 aromatic carbocycles. The van der Waals surface area contributed by atoms with E-state index in [0.29, 0.717) is 16.3 Å². The number of amides is 1. The van der Waals surface area contributed by atoms with Crippen LogP contribution in [0.15, 0.2) is 40.3 Å². The van der Waals surface area contributed by atoms with Crippen molar-refractivity contribution in [3.05, 3.63) is 56.8 Å². The second-order valence-electron chi connectivity index (χ2n) is 6.25. The van der Waals surface area contributed by atoms with Crippen molar-refractivity contribution in [2.75, 3.05) is 0 Å². The summed E-state index contributed by atoms with van der Waals surface area (Å²) in [7, 11) is 0. The molecule has 3 rings (SSSR count). The third-order valence-corrected chi connectivity index (χ3v) is 4.72. The number of carbonyl (C=O) groups is 1. The molecule has 1 aromatic heterocycles. The molecule has 8 heteroatoms. The van der Waals surface area contributed by atoms with Crippen LogP contribution in [0.1, 0.15) is 31.4 Å². The minimum absolute atomic E-state index is 0.0621. The van der Waals surface area contributed by atoms with Gasteiger partial charge < -0.3 is 9.73 Å². The van der Waals surface area contributed by atoms with Crippen LogP contribution in [-0.2, 0) is 4.79 Å². The van der Waals surface area contributed by atoms with Crippen LogP contribution in [0.4, 0.5) is 5.69 Å². The smallest absolute Gasteiger partial charge is 0.270 e. The summed E-state index contributed by atoms with van der Waals surface area (Å²) in [6, 6.07) is 9.18. The molecular formula is C19H16ClN3O4. The molecule has 0 bridgehead atoms. The van der Waals surface area contributed by atoms with Gasteiger partial charge in [0.05, 0.1) is 9.95 Å². The highest BCUT2D eigenvalue weighted by atomic mass is 35.5. The largest absolute Gasteiger partial charge is 0.457 e. The van der Waals surface area contributed by atoms with Crippen molar-refractivity contribution in [1.29, 1.82) is 5.26 Å². The summed E-state index contributed by atoms with van der Waals surface area (Å²) in [6.45, 7) is 0. The Labute approximate surface area is 160 Å². The molecule has 27 heavy (non-hydrogen) atoms. The molecular weight excluding hydrogens is 370 g/mol. The molecule has 2 aromatic rings. The Balaban J connectivity index is 1.83. The van der Waals surface area contributed by atoms with Crippen molar-refractivity contribution >= 4 is 29.3 Å². The summed E-state index contributed by atoms with van der Waals surface area (Å²) in [6.07, 6.45) is 5.32. The molecule has 0 radical (unpaired) electrons. The summed E-state index contributed by atoms with van der Waals surface area (Å²) in [5.41, 5.74) is 0.184. The van der Waals surface area contributed by atoms with Gasteiger partial charge in [-0.15, -0.1) is 0 Å². The number of nitro benzene ring substituents is 1. The number of hydrogen-bond donors (Lipinski definition) is 1. The minimum Gasteiger partial charge on any atom is -0.457 e. The predicted molar refractivity (Wildman–Crippen MR) is 99.8 cm³/mol. The van der Waals surface area contributed by atoms with E-state index in [9.17, 15) is 20.2 Å². The van der Waals surface area contributed by atoms with Gasteiger partial charge in [-0.3, -0.25) is 14.9 Å². The van der Waals surface area contributed by atoms with E-state index in [1.807, 2.05) is 6.07 Å². The number of nitrogens with one attached hydrogen (secondary N) is 1. The number of nitriles is 1. The lowest BCUT2D eigenvalue weighted by molar-refractivity contribution is -0.384. The lowest BCUT2D eigenvalue weighted by atomic mass is 10.1. The molecule has 0 atom stereocenters. The van der Waals surface area contributed by atoms with Gasteiger partial charge in [0, 0.05) is 29.8 Å². The third-order valence-electron chi connectivity index (χ3n) is 4.40. The molecule has 1 amide bonds. The molecule has 0 aliphatic heterocycles. The second-order valence-corrected chi connectivity index (χ2v) is 6.66. The van der Waals surface area contributed by atoms with Crippen molar-refractivity contribution in [3.63, 3.8) is 0 Å². The molecule has 1 fully saturated rings. The highest BCUT2D eigenvalue weighted by molar-refractivity contribution is 6.33. The monoisotopic (exact) mass is 385 g/mol. The first-order valence-electron chi connectivity index (χ1n) is 8.44. The lowest BCUT2D eigenvalue weighted by Crippen LogP contribution is -2.33. The van der Waals surface area contributed by atoms with Gasteiger partial charge in [-0.05, 0) is 31.0 Å². The van der Waals surface area contributed by atoms with Crippen LogP contribution in [0.2, 0.25) is 5.02 Å². The first kappa shape index (κ1) is 18.7. The highest BCUT2D eigenvalue weighted by Crippen LogP contribution is 2.33. The Kier molecular flexibility index (Phi) is 5.57. The molecule has 0 saturated heterocycles. The van der Waals surface area contributed by atoms with Crippen LogP contribution in [0, 0.1) is 21.4 Å². The van der Waals surface area contributed by atoms with E-state index in [1.165, 1.54) is 24.3 Å². The summed E-state index contributed by atoms with van der Waals surface area (Å²) < 4.78 is 5.62. The topological polar surface area (TPSA) is 109 Å². The van der Waals surface area contributed by atoms with Gasteiger partial charge in [0.15, 0.2) is 0 Å². The van der Waals surface area contributed by atoms with Gasteiger partial charge in [-0.2, -0.15) is 5.26 Å². The fourth-order valence-electron chi connectivity index (χ4n) is 3.01. The quantitative estimate of drug-likeness (QED) is 0.353. The molecule has 138 valence electrons. The first-order chi connectivity index (χ1) is 13.0. The van der Waals surface area contributed by atoms with Crippen LogP contribution in [-0.4, -0.2) is 16.9 Å². The average Bonchev–Trinajstić information content (AvgIpc) is 3.31. The van der Waals surface area contributed by atoms with Crippen molar-refractivity contribution in [1.82, 2.24) is 5.32 Å². The van der Waals surface area contributed by atoms with E-state index in [4.69, 9.17) is 16.0 Å². The highest BCUT2D eigenvalue weighted by Gasteiger charge is 2.20. The Hall–Kier alpha value is -3.11. The summed E-state index contributed by atoms with van der Waals surface area (Å²) >= 11 is 6.11. The zero-order valence-corrected chi connectivity index (χ0v) is 15.0. The van der Waals surface area contributed by atoms with Gasteiger partial charge in [0.25, 0.3) is 11.6 Å². The lowest BCUT2D eigenvalue weighted by Gasteiger charge is -2.10. The minimum atomic E-state index is -0.523. The number of non-ortho nitro benzene ring substituents is 1. The number of furan rings is 1. The maximum absolute atomic E-state index is 12.2. The van der Waals surface area contributed by atoms with Gasteiger partial charge in [0.1, 0.15) is 23.2 Å². The van der Waals surface area contributed by atoms with E-state index in [0.717, 1.165) is 25.7 Å². The molecule has 7 nitrogen and oxygen atoms in total. The fourth-order valence-corrected chi connectivity index (χ4v) is 3.23. The van der Waals surface area contributed by atoms with Gasteiger partial charge in [-0.25, -0.2) is 0 Å². The third kappa shape index (κ3) is 4.36. The van der Waals surface area contributed by atoms with Gasteiger partial charge >= 0.3 is 0 Å². The average molecular weight is 386 g/mol. The summed E-state index contributed by atoms with van der Waals surface area (Å²) in [4.78, 5) is 22.7. The zero-order chi connectivity index (χ0) is 19.4. The molecule has 1 N–H and O–H groups in total. The fraction of sp³-hybridized carbons (Fsp3) is 0.263. The molecule has 1 aliphatic carbocycles. The molecule has 0 unspecified atom stereocenters. The Morgan fingerprint density at radius 3 is 2.74 bits per heavy atom. The number of nitro groups is 1. The number of rotatable bonds is 5. The Morgan fingerprint density at radius 2 is 2.07 bits per heavy atom. The van der Waals surface area contributed by atoms with Crippen molar-refractivity contribution in [3.8, 4) is 17.4 Å². The van der Waals surface area contributed by atoms with Crippen LogP contribution in [0.3, 0.4) is 0 Å². The first-order valence-corrected chi connectivity index (χ1v) is 8.82. The van der Waals surface area contributed by atoms with Crippen LogP contribution in [0.25, 0.3) is 17.4 Å².